The summed E-state index contributed by atoms with van der Waals surface area (Å²) < 4.78 is 0. The predicted octanol–water partition coefficient (Wildman–Crippen LogP) is 17.1. The molecule has 0 aromatic heterocycles. The summed E-state index contributed by atoms with van der Waals surface area (Å²) in [6, 6.07) is 0. The highest BCUT2D eigenvalue weighted by Gasteiger charge is 2.24. The molecule has 0 N–H and O–H groups in total. The third-order valence-corrected chi connectivity index (χ3v) is 11.8. The lowest BCUT2D eigenvalue weighted by Crippen LogP contribution is -2.39. The highest BCUT2D eigenvalue weighted by Crippen LogP contribution is 2.24. The lowest BCUT2D eigenvalue weighted by molar-refractivity contribution is 0.135. The SMILES string of the molecule is CCCCCCCCCCCCCCCCCC1N(CCCCCCCCCCCC)C=CN1CCCCCCCCCCCCCCCC. The minimum absolute atomic E-state index is 0.637. The van der Waals surface area contributed by atoms with Crippen molar-refractivity contribution < 1.29 is 0 Å². The molecule has 298 valence electrons. The van der Waals surface area contributed by atoms with Crippen LogP contribution in [0.15, 0.2) is 12.4 Å². The Morgan fingerprint density at radius 2 is 0.460 bits per heavy atom. The Hall–Kier alpha value is -0.660. The second kappa shape index (κ2) is 39.5. The molecule has 1 heterocycles. The van der Waals surface area contributed by atoms with E-state index in [1.54, 1.807) is 0 Å². The van der Waals surface area contributed by atoms with Gasteiger partial charge in [-0.05, 0) is 25.7 Å². The van der Waals surface area contributed by atoms with E-state index in [9.17, 15) is 0 Å². The maximum Gasteiger partial charge on any atom is 0.101 e. The molecule has 1 atom stereocenters. The van der Waals surface area contributed by atoms with Gasteiger partial charge in [-0.15, -0.1) is 0 Å². The average molecular weight is 701 g/mol. The van der Waals surface area contributed by atoms with E-state index >= 15 is 0 Å². The van der Waals surface area contributed by atoms with Crippen LogP contribution in [0.25, 0.3) is 0 Å². The maximum atomic E-state index is 2.74. The molecule has 0 radical (unpaired) electrons. The van der Waals surface area contributed by atoms with Gasteiger partial charge in [-0.2, -0.15) is 0 Å². The fourth-order valence-corrected chi connectivity index (χ4v) is 8.31. The molecule has 2 nitrogen and oxygen atoms in total. The molecule has 1 unspecified atom stereocenters. The summed E-state index contributed by atoms with van der Waals surface area (Å²) in [6.45, 7) is 9.49. The molecule has 0 aliphatic carbocycles. The van der Waals surface area contributed by atoms with Gasteiger partial charge in [-0.25, -0.2) is 0 Å². The van der Waals surface area contributed by atoms with Gasteiger partial charge in [0.15, 0.2) is 0 Å². The molecule has 0 saturated heterocycles. The van der Waals surface area contributed by atoms with Gasteiger partial charge < -0.3 is 9.80 Å². The average Bonchev–Trinajstić information content (AvgIpc) is 3.51. The van der Waals surface area contributed by atoms with Crippen LogP contribution in [-0.2, 0) is 0 Å². The number of rotatable bonds is 42. The molecule has 2 heteroatoms. The van der Waals surface area contributed by atoms with Crippen molar-refractivity contribution in [1.82, 2.24) is 9.80 Å². The Bertz CT molecular complexity index is 659. The first kappa shape index (κ1) is 47.4. The smallest absolute Gasteiger partial charge is 0.101 e. The molecule has 0 amide bonds. The van der Waals surface area contributed by atoms with Crippen molar-refractivity contribution in [2.75, 3.05) is 13.1 Å². The van der Waals surface area contributed by atoms with E-state index < -0.39 is 0 Å². The summed E-state index contributed by atoms with van der Waals surface area (Å²) in [4.78, 5) is 5.47. The maximum absolute atomic E-state index is 2.74. The number of nitrogens with zero attached hydrogens (tertiary/aromatic N) is 2. The monoisotopic (exact) mass is 701 g/mol. The normalized spacial score (nSPS) is 14.5. The molecule has 0 saturated carbocycles. The summed E-state index contributed by atoms with van der Waals surface area (Å²) in [5.74, 6) is 0. The minimum Gasteiger partial charge on any atom is -0.356 e. The number of hydrogen-bond donors (Lipinski definition) is 0. The largest absolute Gasteiger partial charge is 0.356 e. The molecule has 0 bridgehead atoms. The van der Waals surface area contributed by atoms with Gasteiger partial charge in [-0.3, -0.25) is 0 Å². The molecule has 1 aliphatic rings. The van der Waals surface area contributed by atoms with E-state index in [1.807, 2.05) is 0 Å². The van der Waals surface area contributed by atoms with Crippen LogP contribution in [0.3, 0.4) is 0 Å². The van der Waals surface area contributed by atoms with Gasteiger partial charge in [0.2, 0.25) is 0 Å². The summed E-state index contributed by atoms with van der Waals surface area (Å²) >= 11 is 0. The molecule has 1 aliphatic heterocycles. The van der Waals surface area contributed by atoms with Crippen LogP contribution < -0.4 is 0 Å². The van der Waals surface area contributed by atoms with Gasteiger partial charge >= 0.3 is 0 Å². The van der Waals surface area contributed by atoms with Gasteiger partial charge in [0.05, 0.1) is 0 Å². The predicted molar refractivity (Wildman–Crippen MR) is 228 cm³/mol. The summed E-state index contributed by atoms with van der Waals surface area (Å²) in [5, 5.41) is 0. The van der Waals surface area contributed by atoms with Crippen molar-refractivity contribution in [3.63, 3.8) is 0 Å². The molecule has 1 rings (SSSR count). The lowest BCUT2D eigenvalue weighted by atomic mass is 10.0. The van der Waals surface area contributed by atoms with E-state index in [-0.39, 0.29) is 0 Å². The second-order valence-electron chi connectivity index (χ2n) is 16.8. The van der Waals surface area contributed by atoms with Gasteiger partial charge in [-0.1, -0.05) is 252 Å². The first-order chi connectivity index (χ1) is 24.8. The molecule has 0 spiro atoms. The van der Waals surface area contributed by atoms with Crippen molar-refractivity contribution in [1.29, 1.82) is 0 Å². The molecule has 0 fully saturated rings. The fraction of sp³-hybridized carbons (Fsp3) is 0.958. The zero-order valence-corrected chi connectivity index (χ0v) is 35.3. The van der Waals surface area contributed by atoms with Crippen molar-refractivity contribution >= 4 is 0 Å². The molecular formula is C48H96N2. The lowest BCUT2D eigenvalue weighted by Gasteiger charge is -2.33. The first-order valence-corrected chi connectivity index (χ1v) is 24.0. The van der Waals surface area contributed by atoms with Crippen LogP contribution in [0, 0.1) is 0 Å². The standard InChI is InChI=1S/C48H96N2/c1-4-7-10-13-16-19-22-24-26-27-29-31-34-37-40-43-48-49(44-41-38-35-32-21-18-15-12-9-6-3)46-47-50(48)45-42-39-36-33-30-28-25-23-20-17-14-11-8-5-2/h46-48H,4-45H2,1-3H3. The van der Waals surface area contributed by atoms with Gasteiger partial charge in [0, 0.05) is 25.5 Å². The number of hydrogen-bond acceptors (Lipinski definition) is 2. The summed E-state index contributed by atoms with van der Waals surface area (Å²) in [5.41, 5.74) is 0. The molecule has 0 aromatic carbocycles. The molecule has 50 heavy (non-hydrogen) atoms. The Balaban J connectivity index is 2.19. The van der Waals surface area contributed by atoms with Crippen LogP contribution in [0.5, 0.6) is 0 Å². The topological polar surface area (TPSA) is 6.48 Å². The quantitative estimate of drug-likeness (QED) is 0.0585. The summed E-state index contributed by atoms with van der Waals surface area (Å²) in [7, 11) is 0. The van der Waals surface area contributed by atoms with E-state index in [0.29, 0.717) is 6.17 Å². The highest BCUT2D eigenvalue weighted by atomic mass is 15.4. The van der Waals surface area contributed by atoms with Gasteiger partial charge in [0.1, 0.15) is 6.17 Å². The van der Waals surface area contributed by atoms with Crippen LogP contribution in [-0.4, -0.2) is 29.1 Å². The van der Waals surface area contributed by atoms with E-state index in [0.717, 1.165) is 0 Å². The van der Waals surface area contributed by atoms with Gasteiger partial charge in [0.25, 0.3) is 0 Å². The third-order valence-electron chi connectivity index (χ3n) is 11.8. The minimum atomic E-state index is 0.637. The molecule has 0 aromatic rings. The Labute approximate surface area is 318 Å². The van der Waals surface area contributed by atoms with Crippen LogP contribution >= 0.6 is 0 Å². The Morgan fingerprint density at radius 3 is 0.700 bits per heavy atom. The number of unbranched alkanes of at least 4 members (excludes halogenated alkanes) is 36. The zero-order chi connectivity index (χ0) is 35.8. The van der Waals surface area contributed by atoms with E-state index in [1.165, 1.54) is 270 Å². The Kier molecular flexibility index (Phi) is 37.5. The first-order valence-electron chi connectivity index (χ1n) is 24.0. The van der Waals surface area contributed by atoms with Crippen molar-refractivity contribution in [2.45, 2.75) is 284 Å². The van der Waals surface area contributed by atoms with Crippen LogP contribution in [0.1, 0.15) is 278 Å². The molecular weight excluding hydrogens is 605 g/mol. The van der Waals surface area contributed by atoms with E-state index in [2.05, 4.69) is 43.0 Å². The Morgan fingerprint density at radius 1 is 0.260 bits per heavy atom. The third kappa shape index (κ3) is 30.9. The summed E-state index contributed by atoms with van der Waals surface area (Å²) in [6.07, 6.45) is 63.4. The van der Waals surface area contributed by atoms with Crippen molar-refractivity contribution in [3.8, 4) is 0 Å². The van der Waals surface area contributed by atoms with Crippen molar-refractivity contribution in [3.05, 3.63) is 12.4 Å². The van der Waals surface area contributed by atoms with Crippen LogP contribution in [0.4, 0.5) is 0 Å². The second-order valence-corrected chi connectivity index (χ2v) is 16.8. The zero-order valence-electron chi connectivity index (χ0n) is 35.3. The fourth-order valence-electron chi connectivity index (χ4n) is 8.31. The highest BCUT2D eigenvalue weighted by molar-refractivity contribution is 4.97. The van der Waals surface area contributed by atoms with Crippen LogP contribution in [0.2, 0.25) is 0 Å². The van der Waals surface area contributed by atoms with Crippen molar-refractivity contribution in [2.24, 2.45) is 0 Å². The van der Waals surface area contributed by atoms with E-state index in [4.69, 9.17) is 0 Å².